The number of nitrogens with zero attached hydrogens (tertiary/aromatic N) is 3. The van der Waals surface area contributed by atoms with Gasteiger partial charge in [0.05, 0.1) is 12.1 Å². The molecule has 0 saturated heterocycles. The molecule has 3 aromatic heterocycles. The number of aromatic amines is 1. The third-order valence-electron chi connectivity index (χ3n) is 4.73. The van der Waals surface area contributed by atoms with Crippen molar-refractivity contribution in [3.63, 3.8) is 0 Å². The number of pyridine rings is 1. The number of nitrogens with one attached hydrogen (secondary N) is 2. The number of benzene rings is 1. The van der Waals surface area contributed by atoms with Crippen LogP contribution in [0.3, 0.4) is 0 Å². The van der Waals surface area contributed by atoms with E-state index in [9.17, 15) is 8.78 Å². The topological polar surface area (TPSA) is 92.5 Å². The van der Waals surface area contributed by atoms with E-state index in [0.29, 0.717) is 23.5 Å². The summed E-state index contributed by atoms with van der Waals surface area (Å²) >= 11 is 0. The number of nitrogens with two attached hydrogens (primary N) is 1. The van der Waals surface area contributed by atoms with Crippen LogP contribution in [0.1, 0.15) is 23.4 Å². The highest BCUT2D eigenvalue weighted by Gasteiger charge is 2.16. The minimum absolute atomic E-state index is 0.187. The van der Waals surface area contributed by atoms with Gasteiger partial charge in [-0.25, -0.2) is 18.7 Å². The second kappa shape index (κ2) is 8.28. The lowest BCUT2D eigenvalue weighted by molar-refractivity contribution is 0.151. The average molecular weight is 406 g/mol. The fourth-order valence-corrected chi connectivity index (χ4v) is 3.36. The number of nitrogen functional groups attached to an aromatic ring is 1. The van der Waals surface area contributed by atoms with Crippen molar-refractivity contribution in [2.24, 2.45) is 0 Å². The Morgan fingerprint density at radius 2 is 1.87 bits per heavy atom. The summed E-state index contributed by atoms with van der Waals surface area (Å²) in [5, 5.41) is 3.26. The molecule has 0 unspecified atom stereocenters. The molecule has 4 rings (SSSR count). The first kappa shape index (κ1) is 19.5. The van der Waals surface area contributed by atoms with Gasteiger partial charge >= 0.3 is 0 Å². The molecule has 6 nitrogen and oxygen atoms in total. The maximum atomic E-state index is 13.1. The number of aromatic nitrogens is 4. The molecule has 30 heavy (non-hydrogen) atoms. The van der Waals surface area contributed by atoms with Crippen molar-refractivity contribution >= 4 is 11.6 Å². The number of aryl methyl sites for hydroxylation is 1. The lowest BCUT2D eigenvalue weighted by Gasteiger charge is -2.13. The van der Waals surface area contributed by atoms with Gasteiger partial charge < -0.3 is 16.0 Å². The Balaban J connectivity index is 1.67. The molecule has 0 radical (unpaired) electrons. The molecule has 152 valence electrons. The average Bonchev–Trinajstić information content (AvgIpc) is 3.13. The lowest BCUT2D eigenvalue weighted by atomic mass is 10.1. The zero-order valence-corrected chi connectivity index (χ0v) is 16.2. The molecule has 4 N–H and O–H groups in total. The molecule has 0 aliphatic carbocycles. The number of hydrogen-bond donors (Lipinski definition) is 3. The molecule has 0 aliphatic rings. The van der Waals surface area contributed by atoms with Gasteiger partial charge in [-0.3, -0.25) is 4.98 Å². The van der Waals surface area contributed by atoms with Crippen LogP contribution in [-0.2, 0) is 6.54 Å². The predicted molar refractivity (Wildman–Crippen MR) is 113 cm³/mol. The molecule has 0 saturated carbocycles. The number of H-pyrrole nitrogens is 1. The highest BCUT2D eigenvalue weighted by molar-refractivity contribution is 5.83. The van der Waals surface area contributed by atoms with E-state index in [0.717, 1.165) is 28.7 Å². The van der Waals surface area contributed by atoms with Crippen molar-refractivity contribution in [2.45, 2.75) is 19.9 Å². The van der Waals surface area contributed by atoms with E-state index in [1.165, 1.54) is 18.6 Å². The van der Waals surface area contributed by atoms with E-state index in [1.807, 2.05) is 37.3 Å². The molecule has 0 amide bonds. The molecule has 0 spiro atoms. The summed E-state index contributed by atoms with van der Waals surface area (Å²) in [4.78, 5) is 15.6. The van der Waals surface area contributed by atoms with Gasteiger partial charge in [-0.2, -0.15) is 0 Å². The van der Waals surface area contributed by atoms with E-state index in [2.05, 4.69) is 31.3 Å². The van der Waals surface area contributed by atoms with Crippen LogP contribution in [0.25, 0.3) is 22.3 Å². The van der Waals surface area contributed by atoms with E-state index >= 15 is 0 Å². The third-order valence-corrected chi connectivity index (χ3v) is 4.73. The summed E-state index contributed by atoms with van der Waals surface area (Å²) < 4.78 is 26.2. The third kappa shape index (κ3) is 3.98. The fraction of sp³-hybridized carbons (Fsp3) is 0.136. The maximum Gasteiger partial charge on any atom is 0.265 e. The molecule has 0 aliphatic heterocycles. The summed E-state index contributed by atoms with van der Waals surface area (Å²) in [5.41, 5.74) is 10.9. The Kier molecular flexibility index (Phi) is 5.38. The van der Waals surface area contributed by atoms with Gasteiger partial charge in [0.25, 0.3) is 6.43 Å². The molecule has 1 aromatic carbocycles. The van der Waals surface area contributed by atoms with E-state index in [4.69, 9.17) is 5.73 Å². The van der Waals surface area contributed by atoms with Crippen LogP contribution < -0.4 is 11.1 Å². The van der Waals surface area contributed by atoms with E-state index in [1.54, 1.807) is 0 Å². The van der Waals surface area contributed by atoms with E-state index < -0.39 is 6.43 Å². The van der Waals surface area contributed by atoms with E-state index in [-0.39, 0.29) is 11.4 Å². The van der Waals surface area contributed by atoms with Crippen molar-refractivity contribution in [2.75, 3.05) is 11.1 Å². The summed E-state index contributed by atoms with van der Waals surface area (Å²) in [6.45, 7) is 2.43. The summed E-state index contributed by atoms with van der Waals surface area (Å²) in [7, 11) is 0. The second-order valence-electron chi connectivity index (χ2n) is 6.85. The standard InChI is InChI=1S/C22H20F2N6/c1-13-7-17(14-5-3-2-4-6-14)18(30-13)11-27-22-19(21(25)28-12-29-22)15-8-16(20(23)24)10-26-9-15/h2-10,12,20,30H,11H2,1H3,(H3,25,27,28,29). The monoisotopic (exact) mass is 406 g/mol. The van der Waals surface area contributed by atoms with Gasteiger partial charge in [0.15, 0.2) is 0 Å². The largest absolute Gasteiger partial charge is 0.383 e. The van der Waals surface area contributed by atoms with Crippen LogP contribution in [0, 0.1) is 6.92 Å². The smallest absolute Gasteiger partial charge is 0.265 e. The lowest BCUT2D eigenvalue weighted by Crippen LogP contribution is -2.07. The first-order valence-corrected chi connectivity index (χ1v) is 9.34. The molecule has 4 aromatic rings. The zero-order valence-electron chi connectivity index (χ0n) is 16.2. The van der Waals surface area contributed by atoms with Gasteiger partial charge in [-0.05, 0) is 24.6 Å². The van der Waals surface area contributed by atoms with Gasteiger partial charge in [0.2, 0.25) is 0 Å². The van der Waals surface area contributed by atoms with Crippen molar-refractivity contribution in [1.82, 2.24) is 19.9 Å². The molecule has 0 atom stereocenters. The molecule has 3 heterocycles. The Hall–Kier alpha value is -3.81. The number of halogens is 2. The minimum Gasteiger partial charge on any atom is -0.383 e. The molecular formula is C22H20F2N6. The van der Waals surface area contributed by atoms with Gasteiger partial charge in [-0.1, -0.05) is 30.3 Å². The first-order valence-electron chi connectivity index (χ1n) is 9.34. The van der Waals surface area contributed by atoms with Crippen molar-refractivity contribution in [1.29, 1.82) is 0 Å². The molecule has 0 fully saturated rings. The number of hydrogen-bond acceptors (Lipinski definition) is 5. The molecular weight excluding hydrogens is 386 g/mol. The fourth-order valence-electron chi connectivity index (χ4n) is 3.36. The van der Waals surface area contributed by atoms with Crippen LogP contribution in [0.5, 0.6) is 0 Å². The van der Waals surface area contributed by atoms with Gasteiger partial charge in [-0.15, -0.1) is 0 Å². The second-order valence-corrected chi connectivity index (χ2v) is 6.85. The summed E-state index contributed by atoms with van der Waals surface area (Å²) in [6, 6.07) is 13.5. The number of alkyl halides is 2. The van der Waals surface area contributed by atoms with Crippen LogP contribution in [0.15, 0.2) is 61.2 Å². The molecule has 0 bridgehead atoms. The normalized spacial score (nSPS) is 11.1. The highest BCUT2D eigenvalue weighted by atomic mass is 19.3. The quantitative estimate of drug-likeness (QED) is 0.420. The van der Waals surface area contributed by atoms with Crippen LogP contribution in [-0.4, -0.2) is 19.9 Å². The Bertz CT molecular complexity index is 1160. The minimum atomic E-state index is -2.63. The maximum absolute atomic E-state index is 13.1. The Labute approximate surface area is 172 Å². The summed E-state index contributed by atoms with van der Waals surface area (Å²) in [6.07, 6.45) is 1.31. The Morgan fingerprint density at radius 3 is 2.63 bits per heavy atom. The van der Waals surface area contributed by atoms with Gasteiger partial charge in [0.1, 0.15) is 18.0 Å². The number of rotatable bonds is 6. The van der Waals surface area contributed by atoms with Gasteiger partial charge in [0, 0.05) is 40.5 Å². The zero-order chi connectivity index (χ0) is 21.1. The van der Waals surface area contributed by atoms with Crippen molar-refractivity contribution < 1.29 is 8.78 Å². The van der Waals surface area contributed by atoms with Crippen molar-refractivity contribution in [3.05, 3.63) is 78.1 Å². The Morgan fingerprint density at radius 1 is 1.07 bits per heavy atom. The van der Waals surface area contributed by atoms with Crippen LogP contribution >= 0.6 is 0 Å². The predicted octanol–water partition coefficient (Wildman–Crippen LogP) is 4.97. The SMILES string of the molecule is Cc1cc(-c2ccccc2)c(CNc2ncnc(N)c2-c2cncc(C(F)F)c2)[nH]1. The molecule has 8 heteroatoms. The number of anilines is 2. The van der Waals surface area contributed by atoms with Crippen molar-refractivity contribution in [3.8, 4) is 22.3 Å². The van der Waals surface area contributed by atoms with Crippen LogP contribution in [0.2, 0.25) is 0 Å². The summed E-state index contributed by atoms with van der Waals surface area (Å²) in [5.74, 6) is 0.633. The first-order chi connectivity index (χ1) is 14.5. The van der Waals surface area contributed by atoms with Crippen LogP contribution in [0.4, 0.5) is 20.4 Å². The highest BCUT2D eigenvalue weighted by Crippen LogP contribution is 2.33.